The molecule has 0 spiro atoms. The fourth-order valence-electron chi connectivity index (χ4n) is 7.15. The van der Waals surface area contributed by atoms with Gasteiger partial charge >= 0.3 is 0 Å². The van der Waals surface area contributed by atoms with Gasteiger partial charge in [0.25, 0.3) is 0 Å². The molecule has 9 rings (SSSR count). The maximum absolute atomic E-state index is 8.89. The Hall–Kier alpha value is -6.42. The van der Waals surface area contributed by atoms with E-state index in [1.165, 1.54) is 80.4 Å². The summed E-state index contributed by atoms with van der Waals surface area (Å²) in [6.45, 7) is 0.972. The second-order valence-corrected chi connectivity index (χ2v) is 15.0. The first-order valence-corrected chi connectivity index (χ1v) is 18.9. The smallest absolute Gasteiger partial charge is 0.166 e. The first-order chi connectivity index (χ1) is 26.0. The van der Waals surface area contributed by atoms with Crippen molar-refractivity contribution in [2.75, 3.05) is 0 Å². The second-order valence-electron chi connectivity index (χ2n) is 13.0. The van der Waals surface area contributed by atoms with Crippen LogP contribution >= 0.6 is 0 Å². The Balaban J connectivity index is 0.000000954. The molecule has 2 nitrogen and oxygen atoms in total. The SMILES string of the molecule is CC(=O)[O-].c1ccc2c(-c3ccc([S+](c4ccc(-c5cccc6ccccc56)cc4)c4ccc(-c5cccc6ccccc56)cc4)cc3)cccc2c1. The van der Waals surface area contributed by atoms with E-state index in [1.807, 2.05) is 0 Å². The highest BCUT2D eigenvalue weighted by atomic mass is 32.2. The van der Waals surface area contributed by atoms with Gasteiger partial charge in [0.1, 0.15) is 0 Å². The van der Waals surface area contributed by atoms with Gasteiger partial charge in [0, 0.05) is 5.97 Å². The highest BCUT2D eigenvalue weighted by Crippen LogP contribution is 2.38. The summed E-state index contributed by atoms with van der Waals surface area (Å²) < 4.78 is 0. The van der Waals surface area contributed by atoms with Crippen LogP contribution in [0.2, 0.25) is 0 Å². The zero-order valence-corrected chi connectivity index (χ0v) is 30.1. The fraction of sp³-hybridized carbons (Fsp3) is 0.0200. The lowest BCUT2D eigenvalue weighted by Gasteiger charge is -2.12. The van der Waals surface area contributed by atoms with Gasteiger partial charge in [0.2, 0.25) is 0 Å². The van der Waals surface area contributed by atoms with Crippen LogP contribution in [0.1, 0.15) is 6.92 Å². The van der Waals surface area contributed by atoms with E-state index in [4.69, 9.17) is 9.90 Å². The summed E-state index contributed by atoms with van der Waals surface area (Å²) in [4.78, 5) is 12.8. The molecule has 0 fully saturated rings. The Labute approximate surface area is 313 Å². The molecule has 0 aliphatic rings. The van der Waals surface area contributed by atoms with Gasteiger partial charge in [-0.05, 0) is 145 Å². The van der Waals surface area contributed by atoms with E-state index < -0.39 is 5.97 Å². The molecular formula is C50H36O2S. The highest BCUT2D eigenvalue weighted by molar-refractivity contribution is 7.97. The molecule has 0 radical (unpaired) electrons. The molecule has 9 aromatic rings. The van der Waals surface area contributed by atoms with E-state index in [0.717, 1.165) is 6.92 Å². The van der Waals surface area contributed by atoms with Crippen molar-refractivity contribution in [3.05, 3.63) is 200 Å². The van der Waals surface area contributed by atoms with Gasteiger partial charge in [-0.1, -0.05) is 127 Å². The lowest BCUT2D eigenvalue weighted by atomic mass is 9.98. The normalized spacial score (nSPS) is 11.1. The third-order valence-corrected chi connectivity index (χ3v) is 11.8. The molecular weight excluding hydrogens is 665 g/mol. The average Bonchev–Trinajstić information content (AvgIpc) is 3.21. The van der Waals surface area contributed by atoms with Crippen LogP contribution in [0.25, 0.3) is 65.7 Å². The Morgan fingerprint density at radius 3 is 0.887 bits per heavy atom. The molecule has 53 heavy (non-hydrogen) atoms. The molecule has 0 atom stereocenters. The number of carbonyl (C=O) groups excluding carboxylic acids is 1. The fourth-order valence-corrected chi connectivity index (χ4v) is 9.19. The first kappa shape index (κ1) is 33.7. The van der Waals surface area contributed by atoms with Crippen molar-refractivity contribution in [1.82, 2.24) is 0 Å². The van der Waals surface area contributed by atoms with Crippen LogP contribution in [-0.4, -0.2) is 5.97 Å². The largest absolute Gasteiger partial charge is 0.550 e. The number of benzene rings is 9. The number of carboxylic acid groups (broad SMARTS) is 1. The van der Waals surface area contributed by atoms with Gasteiger partial charge in [-0.25, -0.2) is 0 Å². The van der Waals surface area contributed by atoms with Gasteiger partial charge in [-0.3, -0.25) is 0 Å². The quantitative estimate of drug-likeness (QED) is 0.162. The maximum Gasteiger partial charge on any atom is 0.166 e. The number of rotatable bonds is 6. The molecule has 254 valence electrons. The van der Waals surface area contributed by atoms with Crippen LogP contribution in [-0.2, 0) is 15.7 Å². The molecule has 0 unspecified atom stereocenters. The molecule has 0 amide bonds. The molecule has 0 aliphatic heterocycles. The molecule has 0 aromatic heterocycles. The van der Waals surface area contributed by atoms with E-state index in [0.29, 0.717) is 0 Å². The van der Waals surface area contributed by atoms with Crippen molar-refractivity contribution in [3.63, 3.8) is 0 Å². The van der Waals surface area contributed by atoms with Gasteiger partial charge in [-0.15, -0.1) is 0 Å². The van der Waals surface area contributed by atoms with Crippen LogP contribution in [0.4, 0.5) is 0 Å². The van der Waals surface area contributed by atoms with Crippen molar-refractivity contribution in [2.45, 2.75) is 21.6 Å². The van der Waals surface area contributed by atoms with Gasteiger partial charge in [0.15, 0.2) is 14.7 Å². The molecule has 0 saturated carbocycles. The minimum atomic E-state index is -1.08. The number of aliphatic carboxylic acids is 1. The summed E-state index contributed by atoms with van der Waals surface area (Å²) in [5.41, 5.74) is 7.51. The van der Waals surface area contributed by atoms with E-state index in [2.05, 4.69) is 200 Å². The summed E-state index contributed by atoms with van der Waals surface area (Å²) in [5, 5.41) is 16.5. The van der Waals surface area contributed by atoms with Crippen LogP contribution < -0.4 is 5.11 Å². The molecule has 0 N–H and O–H groups in total. The monoisotopic (exact) mass is 700 g/mol. The maximum atomic E-state index is 8.89. The summed E-state index contributed by atoms with van der Waals surface area (Å²) in [6, 6.07) is 73.4. The molecule has 0 heterocycles. The molecule has 0 aliphatic carbocycles. The number of carbonyl (C=O) groups is 1. The molecule has 0 bridgehead atoms. The van der Waals surface area contributed by atoms with E-state index in [9.17, 15) is 0 Å². The summed E-state index contributed by atoms with van der Waals surface area (Å²) in [6.07, 6.45) is 0. The van der Waals surface area contributed by atoms with E-state index >= 15 is 0 Å². The number of hydrogen-bond donors (Lipinski definition) is 0. The Morgan fingerprint density at radius 2 is 0.604 bits per heavy atom. The standard InChI is InChI=1S/C48H33S.C2H4O2/c1-4-16-43-34(10-1)13-7-19-46(43)37-22-28-40(29-23-37)49(41-30-24-38(25-31-41)47-20-8-14-35-11-2-5-17-44(35)47)42-32-26-39(27-33-42)48-21-9-15-36-12-3-6-18-45(36)48;1-2(3)4/h1-33H;1H3,(H,3,4)/q+1;/p-1. The Kier molecular flexibility index (Phi) is 9.57. The molecule has 9 aromatic carbocycles. The summed E-state index contributed by atoms with van der Waals surface area (Å²) in [5.74, 6) is -1.08. The highest BCUT2D eigenvalue weighted by Gasteiger charge is 2.29. The third-order valence-electron chi connectivity index (χ3n) is 9.57. The topological polar surface area (TPSA) is 40.1 Å². The predicted octanol–water partition coefficient (Wildman–Crippen LogP) is 12.0. The second kappa shape index (κ2) is 15.1. The van der Waals surface area contributed by atoms with Crippen LogP contribution in [0.15, 0.2) is 215 Å². The molecule has 3 heteroatoms. The third kappa shape index (κ3) is 7.08. The van der Waals surface area contributed by atoms with Crippen LogP contribution in [0, 0.1) is 0 Å². The van der Waals surface area contributed by atoms with Crippen molar-refractivity contribution in [3.8, 4) is 33.4 Å². The number of fused-ring (bicyclic) bond motifs is 3. The van der Waals surface area contributed by atoms with E-state index in [1.54, 1.807) is 0 Å². The minimum Gasteiger partial charge on any atom is -0.550 e. The summed E-state index contributed by atoms with van der Waals surface area (Å²) >= 11 is 0. The van der Waals surface area contributed by atoms with Crippen molar-refractivity contribution in [2.24, 2.45) is 0 Å². The average molecular weight is 701 g/mol. The van der Waals surface area contributed by atoms with Crippen molar-refractivity contribution >= 4 is 49.2 Å². The zero-order chi connectivity index (χ0) is 36.1. The van der Waals surface area contributed by atoms with Gasteiger partial charge in [-0.2, -0.15) is 0 Å². The lowest BCUT2D eigenvalue weighted by Crippen LogP contribution is -2.16. The zero-order valence-electron chi connectivity index (χ0n) is 29.3. The predicted molar refractivity (Wildman–Crippen MR) is 221 cm³/mol. The van der Waals surface area contributed by atoms with E-state index in [-0.39, 0.29) is 10.9 Å². The minimum absolute atomic E-state index is 0.290. The summed E-state index contributed by atoms with van der Waals surface area (Å²) in [7, 11) is -0.290. The number of carboxylic acids is 1. The number of hydrogen-bond acceptors (Lipinski definition) is 2. The Morgan fingerprint density at radius 1 is 0.358 bits per heavy atom. The first-order valence-electron chi connectivity index (χ1n) is 17.7. The van der Waals surface area contributed by atoms with Crippen molar-refractivity contribution < 1.29 is 9.90 Å². The van der Waals surface area contributed by atoms with Crippen LogP contribution in [0.5, 0.6) is 0 Å². The Bertz CT molecular complexity index is 2380. The van der Waals surface area contributed by atoms with Gasteiger partial charge in [0.05, 0.1) is 10.9 Å². The van der Waals surface area contributed by atoms with Crippen LogP contribution in [0.3, 0.4) is 0 Å². The lowest BCUT2D eigenvalue weighted by molar-refractivity contribution is -0.302. The van der Waals surface area contributed by atoms with Gasteiger partial charge < -0.3 is 9.90 Å². The molecule has 0 saturated heterocycles. The van der Waals surface area contributed by atoms with Crippen molar-refractivity contribution in [1.29, 1.82) is 0 Å².